The van der Waals surface area contributed by atoms with Gasteiger partial charge in [0.05, 0.1) is 5.41 Å². The summed E-state index contributed by atoms with van der Waals surface area (Å²) in [5.41, 5.74) is -1.18. The van der Waals surface area contributed by atoms with E-state index in [0.717, 1.165) is 25.0 Å². The van der Waals surface area contributed by atoms with Crippen LogP contribution in [0.2, 0.25) is 0 Å². The second kappa shape index (κ2) is 9.63. The molecule has 0 heterocycles. The maximum atomic E-state index is 11.5. The zero-order valence-corrected chi connectivity index (χ0v) is 13.1. The van der Waals surface area contributed by atoms with Crippen LogP contribution in [0.15, 0.2) is 0 Å². The third kappa shape index (κ3) is 8.79. The Morgan fingerprint density at radius 1 is 1.15 bits per heavy atom. The SMILES string of the molecule is CSCCCCCNC(=O)NC(=O)CC(C)(C)C(=O)O. The van der Waals surface area contributed by atoms with Gasteiger partial charge in [-0.25, -0.2) is 4.79 Å². The van der Waals surface area contributed by atoms with Gasteiger partial charge in [0, 0.05) is 13.0 Å². The van der Waals surface area contributed by atoms with Gasteiger partial charge in [-0.2, -0.15) is 11.8 Å². The van der Waals surface area contributed by atoms with Crippen molar-refractivity contribution in [3.63, 3.8) is 0 Å². The fourth-order valence-corrected chi connectivity index (χ4v) is 1.93. The van der Waals surface area contributed by atoms with Gasteiger partial charge in [-0.3, -0.25) is 14.9 Å². The van der Waals surface area contributed by atoms with Crippen molar-refractivity contribution in [2.75, 3.05) is 18.6 Å². The molecule has 0 spiro atoms. The number of hydrogen-bond donors (Lipinski definition) is 3. The number of unbranched alkanes of at least 4 members (excludes halogenated alkanes) is 2. The van der Waals surface area contributed by atoms with Gasteiger partial charge in [-0.05, 0) is 38.7 Å². The third-order valence-corrected chi connectivity index (χ3v) is 3.44. The quantitative estimate of drug-likeness (QED) is 0.565. The Bertz CT molecular complexity index is 345. The molecule has 0 saturated heterocycles. The number of carboxylic acids is 1. The molecule has 0 saturated carbocycles. The Morgan fingerprint density at radius 3 is 2.35 bits per heavy atom. The van der Waals surface area contributed by atoms with Gasteiger partial charge < -0.3 is 10.4 Å². The normalized spacial score (nSPS) is 10.9. The zero-order valence-electron chi connectivity index (χ0n) is 12.3. The summed E-state index contributed by atoms with van der Waals surface area (Å²) < 4.78 is 0. The van der Waals surface area contributed by atoms with E-state index in [9.17, 15) is 14.4 Å². The van der Waals surface area contributed by atoms with E-state index in [-0.39, 0.29) is 6.42 Å². The number of carbonyl (C=O) groups excluding carboxylic acids is 2. The smallest absolute Gasteiger partial charge is 0.321 e. The lowest BCUT2D eigenvalue weighted by Crippen LogP contribution is -2.42. The molecule has 0 unspecified atom stereocenters. The Morgan fingerprint density at radius 2 is 1.80 bits per heavy atom. The summed E-state index contributed by atoms with van der Waals surface area (Å²) in [5, 5.41) is 13.6. The summed E-state index contributed by atoms with van der Waals surface area (Å²) in [6.45, 7) is 3.40. The molecule has 0 aromatic rings. The van der Waals surface area contributed by atoms with Crippen molar-refractivity contribution in [3.05, 3.63) is 0 Å². The highest BCUT2D eigenvalue weighted by atomic mass is 32.2. The van der Waals surface area contributed by atoms with Crippen LogP contribution in [0.3, 0.4) is 0 Å². The molecule has 3 amide bonds. The lowest BCUT2D eigenvalue weighted by molar-refractivity contribution is -0.149. The molecular formula is C13H24N2O4S. The fraction of sp³-hybridized carbons (Fsp3) is 0.769. The first-order valence-corrected chi connectivity index (χ1v) is 7.99. The summed E-state index contributed by atoms with van der Waals surface area (Å²) >= 11 is 1.79. The van der Waals surface area contributed by atoms with Gasteiger partial charge in [0.2, 0.25) is 5.91 Å². The van der Waals surface area contributed by atoms with Crippen LogP contribution in [0.4, 0.5) is 4.79 Å². The van der Waals surface area contributed by atoms with E-state index >= 15 is 0 Å². The standard InChI is InChI=1S/C13H24N2O4S/c1-13(2,11(17)18)9-10(16)15-12(19)14-7-5-4-6-8-20-3/h4-9H2,1-3H3,(H,17,18)(H2,14,15,16,19). The monoisotopic (exact) mass is 304 g/mol. The number of rotatable bonds is 9. The number of amides is 3. The van der Waals surface area contributed by atoms with Gasteiger partial charge in [-0.15, -0.1) is 0 Å². The summed E-state index contributed by atoms with van der Waals surface area (Å²) in [6.07, 6.45) is 4.82. The molecule has 0 radical (unpaired) electrons. The van der Waals surface area contributed by atoms with Crippen molar-refractivity contribution in [3.8, 4) is 0 Å². The Labute approximate surface area is 124 Å². The molecule has 0 rings (SSSR count). The molecule has 0 aliphatic heterocycles. The van der Waals surface area contributed by atoms with E-state index in [2.05, 4.69) is 16.9 Å². The minimum Gasteiger partial charge on any atom is -0.481 e. The first kappa shape index (κ1) is 18.8. The highest BCUT2D eigenvalue weighted by Gasteiger charge is 2.30. The molecule has 0 fully saturated rings. The lowest BCUT2D eigenvalue weighted by Gasteiger charge is -2.17. The Hall–Kier alpha value is -1.24. The van der Waals surface area contributed by atoms with Crippen LogP contribution in [0.25, 0.3) is 0 Å². The number of carboxylic acid groups (broad SMARTS) is 1. The molecule has 0 aliphatic carbocycles. The summed E-state index contributed by atoms with van der Waals surface area (Å²) in [7, 11) is 0. The van der Waals surface area contributed by atoms with Crippen LogP contribution >= 0.6 is 11.8 Å². The summed E-state index contributed by atoms with van der Waals surface area (Å²) in [6, 6.07) is -0.568. The molecule has 3 N–H and O–H groups in total. The van der Waals surface area contributed by atoms with E-state index in [1.165, 1.54) is 13.8 Å². The van der Waals surface area contributed by atoms with E-state index in [1.807, 2.05) is 0 Å². The number of aliphatic carboxylic acids is 1. The molecule has 0 aliphatic rings. The van der Waals surface area contributed by atoms with Crippen molar-refractivity contribution in [2.24, 2.45) is 5.41 Å². The largest absolute Gasteiger partial charge is 0.481 e. The van der Waals surface area contributed by atoms with E-state index < -0.39 is 23.3 Å². The molecule has 7 heteroatoms. The number of urea groups is 1. The van der Waals surface area contributed by atoms with E-state index in [0.29, 0.717) is 6.54 Å². The summed E-state index contributed by atoms with van der Waals surface area (Å²) in [5.74, 6) is -0.547. The maximum absolute atomic E-state index is 11.5. The first-order valence-electron chi connectivity index (χ1n) is 6.59. The number of carbonyl (C=O) groups is 3. The van der Waals surface area contributed by atoms with E-state index in [4.69, 9.17) is 5.11 Å². The van der Waals surface area contributed by atoms with Crippen LogP contribution in [0, 0.1) is 5.41 Å². The fourth-order valence-electron chi connectivity index (χ4n) is 1.44. The van der Waals surface area contributed by atoms with Crippen LogP contribution < -0.4 is 10.6 Å². The Balaban J connectivity index is 3.81. The van der Waals surface area contributed by atoms with Crippen molar-refractivity contribution in [1.29, 1.82) is 0 Å². The van der Waals surface area contributed by atoms with Gasteiger partial charge in [-0.1, -0.05) is 6.42 Å². The first-order chi connectivity index (χ1) is 9.29. The molecule has 0 aromatic carbocycles. The molecule has 0 aromatic heterocycles. The van der Waals surface area contributed by atoms with Crippen molar-refractivity contribution in [2.45, 2.75) is 39.5 Å². The second-order valence-corrected chi connectivity index (χ2v) is 6.21. The minimum atomic E-state index is -1.18. The minimum absolute atomic E-state index is 0.233. The average molecular weight is 304 g/mol. The predicted molar refractivity (Wildman–Crippen MR) is 79.8 cm³/mol. The third-order valence-electron chi connectivity index (χ3n) is 2.75. The van der Waals surface area contributed by atoms with Gasteiger partial charge in [0.25, 0.3) is 0 Å². The van der Waals surface area contributed by atoms with Crippen molar-refractivity contribution < 1.29 is 19.5 Å². The topological polar surface area (TPSA) is 95.5 Å². The van der Waals surface area contributed by atoms with Crippen LogP contribution in [0.1, 0.15) is 39.5 Å². The van der Waals surface area contributed by atoms with Crippen molar-refractivity contribution in [1.82, 2.24) is 10.6 Å². The van der Waals surface area contributed by atoms with Crippen LogP contribution in [-0.2, 0) is 9.59 Å². The number of imide groups is 1. The average Bonchev–Trinajstić information content (AvgIpc) is 2.32. The van der Waals surface area contributed by atoms with Crippen molar-refractivity contribution >= 4 is 29.7 Å². The summed E-state index contributed by atoms with van der Waals surface area (Å²) in [4.78, 5) is 33.8. The van der Waals surface area contributed by atoms with Crippen LogP contribution in [0.5, 0.6) is 0 Å². The molecule has 6 nitrogen and oxygen atoms in total. The Kier molecular flexibility index (Phi) is 9.03. The van der Waals surface area contributed by atoms with E-state index in [1.54, 1.807) is 11.8 Å². The molecule has 0 bridgehead atoms. The second-order valence-electron chi connectivity index (χ2n) is 5.22. The molecule has 116 valence electrons. The molecule has 0 atom stereocenters. The predicted octanol–water partition coefficient (Wildman–Crippen LogP) is 1.85. The zero-order chi connectivity index (χ0) is 15.6. The number of thioether (sulfide) groups is 1. The van der Waals surface area contributed by atoms with Gasteiger partial charge in [0.1, 0.15) is 0 Å². The number of nitrogens with one attached hydrogen (secondary N) is 2. The number of hydrogen-bond acceptors (Lipinski definition) is 4. The highest BCUT2D eigenvalue weighted by molar-refractivity contribution is 7.98. The van der Waals surface area contributed by atoms with Gasteiger partial charge >= 0.3 is 12.0 Å². The molecular weight excluding hydrogens is 280 g/mol. The van der Waals surface area contributed by atoms with Gasteiger partial charge in [0.15, 0.2) is 0 Å². The lowest BCUT2D eigenvalue weighted by atomic mass is 9.89. The maximum Gasteiger partial charge on any atom is 0.321 e. The highest BCUT2D eigenvalue weighted by Crippen LogP contribution is 2.19. The molecule has 20 heavy (non-hydrogen) atoms. The van der Waals surface area contributed by atoms with Crippen LogP contribution in [-0.4, -0.2) is 41.6 Å².